The molecule has 5 heteroatoms. The lowest BCUT2D eigenvalue weighted by Gasteiger charge is -2.03. The Morgan fingerprint density at radius 2 is 1.79 bits per heavy atom. The fourth-order valence-electron chi connectivity index (χ4n) is 2.31. The van der Waals surface area contributed by atoms with E-state index < -0.39 is 5.92 Å². The van der Waals surface area contributed by atoms with Crippen molar-refractivity contribution in [3.8, 4) is 0 Å². The Bertz CT molecular complexity index is 655. The SMILES string of the molecule is Cc1noc(CC2C(=O)c3ccccc3C2=O)c1Cl. The number of hydrogen-bond donors (Lipinski definition) is 0. The quantitative estimate of drug-likeness (QED) is 0.791. The molecule has 0 spiro atoms. The predicted octanol–water partition coefficient (Wildman–Crippen LogP) is 2.87. The van der Waals surface area contributed by atoms with E-state index in [1.165, 1.54) is 0 Å². The first-order valence-electron chi connectivity index (χ1n) is 5.87. The second-order valence-corrected chi connectivity index (χ2v) is 4.91. The van der Waals surface area contributed by atoms with Crippen LogP contribution in [0.3, 0.4) is 0 Å². The molecule has 0 aliphatic heterocycles. The van der Waals surface area contributed by atoms with Crippen LogP contribution in [-0.2, 0) is 6.42 Å². The largest absolute Gasteiger partial charge is 0.359 e. The Morgan fingerprint density at radius 1 is 1.21 bits per heavy atom. The Labute approximate surface area is 114 Å². The van der Waals surface area contributed by atoms with Gasteiger partial charge in [-0.3, -0.25) is 9.59 Å². The van der Waals surface area contributed by atoms with E-state index in [-0.39, 0.29) is 18.0 Å². The van der Waals surface area contributed by atoms with Gasteiger partial charge in [-0.15, -0.1) is 0 Å². The van der Waals surface area contributed by atoms with Crippen LogP contribution in [0, 0.1) is 12.8 Å². The van der Waals surface area contributed by atoms with Gasteiger partial charge in [0.15, 0.2) is 17.3 Å². The summed E-state index contributed by atoms with van der Waals surface area (Å²) in [6.45, 7) is 1.71. The second kappa shape index (κ2) is 4.31. The number of carbonyl (C=O) groups is 2. The minimum Gasteiger partial charge on any atom is -0.359 e. The third-order valence-corrected chi connectivity index (χ3v) is 3.82. The normalized spacial score (nSPS) is 15.1. The van der Waals surface area contributed by atoms with Crippen molar-refractivity contribution in [2.45, 2.75) is 13.3 Å². The number of aryl methyl sites for hydroxylation is 1. The lowest BCUT2D eigenvalue weighted by Crippen LogP contribution is -2.17. The highest BCUT2D eigenvalue weighted by Gasteiger charge is 2.39. The third-order valence-electron chi connectivity index (χ3n) is 3.34. The van der Waals surface area contributed by atoms with Crippen LogP contribution in [0.1, 0.15) is 32.2 Å². The predicted molar refractivity (Wildman–Crippen MR) is 68.5 cm³/mol. The summed E-state index contributed by atoms with van der Waals surface area (Å²) >= 11 is 6.02. The zero-order valence-corrected chi connectivity index (χ0v) is 10.9. The fourth-order valence-corrected chi connectivity index (χ4v) is 2.46. The van der Waals surface area contributed by atoms with Crippen LogP contribution in [0.5, 0.6) is 0 Å². The van der Waals surface area contributed by atoms with Gasteiger partial charge in [-0.05, 0) is 6.92 Å². The summed E-state index contributed by atoms with van der Waals surface area (Å²) < 4.78 is 5.07. The van der Waals surface area contributed by atoms with E-state index >= 15 is 0 Å². The molecule has 1 aliphatic rings. The van der Waals surface area contributed by atoms with Crippen LogP contribution in [0.15, 0.2) is 28.8 Å². The van der Waals surface area contributed by atoms with Gasteiger partial charge in [0.1, 0.15) is 5.02 Å². The molecule has 1 heterocycles. The van der Waals surface area contributed by atoms with Gasteiger partial charge in [0.2, 0.25) is 0 Å². The molecule has 0 atom stereocenters. The standard InChI is InChI=1S/C14H10ClNO3/c1-7-12(15)11(19-16-7)6-10-13(17)8-4-2-3-5-9(8)14(10)18/h2-5,10H,6H2,1H3. The lowest BCUT2D eigenvalue weighted by molar-refractivity contribution is 0.0832. The number of carbonyl (C=O) groups excluding carboxylic acids is 2. The smallest absolute Gasteiger partial charge is 0.174 e. The van der Waals surface area contributed by atoms with Gasteiger partial charge in [0.05, 0.1) is 11.6 Å². The van der Waals surface area contributed by atoms with Crippen LogP contribution in [0.25, 0.3) is 0 Å². The Morgan fingerprint density at radius 3 is 2.26 bits per heavy atom. The first-order chi connectivity index (χ1) is 9.09. The first kappa shape index (κ1) is 12.1. The van der Waals surface area contributed by atoms with Crippen molar-refractivity contribution in [2.75, 3.05) is 0 Å². The Balaban J connectivity index is 1.95. The molecule has 4 nitrogen and oxygen atoms in total. The van der Waals surface area contributed by atoms with Crippen molar-refractivity contribution in [1.82, 2.24) is 5.16 Å². The number of aromatic nitrogens is 1. The summed E-state index contributed by atoms with van der Waals surface area (Å²) in [6.07, 6.45) is 0.159. The number of nitrogens with zero attached hydrogens (tertiary/aromatic N) is 1. The van der Waals surface area contributed by atoms with Crippen molar-refractivity contribution in [2.24, 2.45) is 5.92 Å². The van der Waals surface area contributed by atoms with E-state index in [4.69, 9.17) is 16.1 Å². The number of fused-ring (bicyclic) bond motifs is 1. The van der Waals surface area contributed by atoms with Crippen LogP contribution in [0.2, 0.25) is 5.02 Å². The molecule has 0 saturated carbocycles. The Hall–Kier alpha value is -1.94. The van der Waals surface area contributed by atoms with Gasteiger partial charge >= 0.3 is 0 Å². The van der Waals surface area contributed by atoms with Crippen LogP contribution < -0.4 is 0 Å². The summed E-state index contributed by atoms with van der Waals surface area (Å²) in [6, 6.07) is 6.83. The fraction of sp³-hybridized carbons (Fsp3) is 0.214. The first-order valence-corrected chi connectivity index (χ1v) is 6.25. The minimum absolute atomic E-state index is 0.159. The highest BCUT2D eigenvalue weighted by atomic mass is 35.5. The third kappa shape index (κ3) is 1.79. The molecule has 19 heavy (non-hydrogen) atoms. The molecule has 0 bridgehead atoms. The van der Waals surface area contributed by atoms with E-state index in [0.29, 0.717) is 27.6 Å². The highest BCUT2D eigenvalue weighted by molar-refractivity contribution is 6.32. The molecule has 0 radical (unpaired) electrons. The minimum atomic E-state index is -0.748. The number of hydrogen-bond acceptors (Lipinski definition) is 4. The topological polar surface area (TPSA) is 60.2 Å². The molecule has 1 aromatic heterocycles. The van der Waals surface area contributed by atoms with Gasteiger partial charge in [-0.2, -0.15) is 0 Å². The van der Waals surface area contributed by atoms with Crippen LogP contribution >= 0.6 is 11.6 Å². The summed E-state index contributed by atoms with van der Waals surface area (Å²) in [5, 5.41) is 4.11. The molecule has 0 amide bonds. The summed E-state index contributed by atoms with van der Waals surface area (Å²) in [5.41, 5.74) is 1.52. The number of rotatable bonds is 2. The molecule has 0 saturated heterocycles. The summed E-state index contributed by atoms with van der Waals surface area (Å²) in [4.78, 5) is 24.4. The second-order valence-electron chi connectivity index (χ2n) is 4.54. The van der Waals surface area contributed by atoms with Crippen molar-refractivity contribution in [1.29, 1.82) is 0 Å². The molecular formula is C14H10ClNO3. The molecule has 3 rings (SSSR count). The molecule has 0 N–H and O–H groups in total. The molecule has 0 fully saturated rings. The molecule has 1 aromatic carbocycles. The summed E-state index contributed by atoms with van der Waals surface area (Å²) in [5.74, 6) is -0.711. The molecule has 0 unspecified atom stereocenters. The van der Waals surface area contributed by atoms with Crippen molar-refractivity contribution >= 4 is 23.2 Å². The molecular weight excluding hydrogens is 266 g/mol. The lowest BCUT2D eigenvalue weighted by atomic mass is 9.98. The maximum atomic E-state index is 12.2. The highest BCUT2D eigenvalue weighted by Crippen LogP contribution is 2.31. The monoisotopic (exact) mass is 275 g/mol. The number of benzene rings is 1. The van der Waals surface area contributed by atoms with Crippen molar-refractivity contribution < 1.29 is 14.1 Å². The van der Waals surface area contributed by atoms with E-state index in [9.17, 15) is 9.59 Å². The Kier molecular flexibility index (Phi) is 2.75. The van der Waals surface area contributed by atoms with Crippen molar-refractivity contribution in [3.05, 3.63) is 51.9 Å². The molecule has 96 valence electrons. The van der Waals surface area contributed by atoms with Gasteiger partial charge in [-0.25, -0.2) is 0 Å². The van der Waals surface area contributed by atoms with Gasteiger partial charge < -0.3 is 4.52 Å². The van der Waals surface area contributed by atoms with E-state index in [1.54, 1.807) is 31.2 Å². The zero-order chi connectivity index (χ0) is 13.6. The van der Waals surface area contributed by atoms with Gasteiger partial charge in [0, 0.05) is 17.5 Å². The van der Waals surface area contributed by atoms with Gasteiger partial charge in [-0.1, -0.05) is 41.0 Å². The zero-order valence-electron chi connectivity index (χ0n) is 10.1. The number of ketones is 2. The number of Topliss-reactive ketones (excluding diaryl/α,β-unsaturated/α-hetero) is 2. The number of halogens is 1. The average molecular weight is 276 g/mol. The van der Waals surface area contributed by atoms with Crippen LogP contribution in [-0.4, -0.2) is 16.7 Å². The molecule has 2 aromatic rings. The maximum Gasteiger partial charge on any atom is 0.174 e. The van der Waals surface area contributed by atoms with Crippen LogP contribution in [0.4, 0.5) is 0 Å². The maximum absolute atomic E-state index is 12.2. The van der Waals surface area contributed by atoms with E-state index in [2.05, 4.69) is 5.16 Å². The van der Waals surface area contributed by atoms with E-state index in [0.717, 1.165) is 0 Å². The average Bonchev–Trinajstić information content (AvgIpc) is 2.86. The van der Waals surface area contributed by atoms with Gasteiger partial charge in [0.25, 0.3) is 0 Å². The summed E-state index contributed by atoms with van der Waals surface area (Å²) in [7, 11) is 0. The van der Waals surface area contributed by atoms with Crippen molar-refractivity contribution in [3.63, 3.8) is 0 Å². The van der Waals surface area contributed by atoms with E-state index in [1.807, 2.05) is 0 Å². The molecule has 1 aliphatic carbocycles.